The van der Waals surface area contributed by atoms with E-state index >= 15 is 0 Å². The Balaban J connectivity index is 3.28. The summed E-state index contributed by atoms with van der Waals surface area (Å²) in [7, 11) is 0. The van der Waals surface area contributed by atoms with Crippen molar-refractivity contribution >= 4 is 29.3 Å². The molecule has 14 heavy (non-hydrogen) atoms. The molecule has 0 aromatic rings. The highest BCUT2D eigenvalue weighted by atomic mass is 35.5. The van der Waals surface area contributed by atoms with E-state index in [4.69, 9.17) is 11.6 Å². The summed E-state index contributed by atoms with van der Waals surface area (Å²) in [5.74, 6) is -0.496. The summed E-state index contributed by atoms with van der Waals surface area (Å²) in [4.78, 5) is 25.0. The molecule has 3 amide bonds. The van der Waals surface area contributed by atoms with Crippen LogP contribution in [0.5, 0.6) is 0 Å². The first-order chi connectivity index (χ1) is 6.19. The summed E-state index contributed by atoms with van der Waals surface area (Å²) in [6, 6.07) is -0.645. The van der Waals surface area contributed by atoms with Gasteiger partial charge >= 0.3 is 6.03 Å². The Hall–Kier alpha value is -0.900. The van der Waals surface area contributed by atoms with Crippen LogP contribution in [0.4, 0.5) is 4.79 Å². The average Bonchev–Trinajstić information content (AvgIpc) is 1.97. The smallest absolute Gasteiger partial charge is 0.274 e. The molecule has 0 aromatic carbocycles. The Morgan fingerprint density at radius 3 is 2.21 bits per heavy atom. The van der Waals surface area contributed by atoms with Crippen molar-refractivity contribution in [3.63, 3.8) is 0 Å². The predicted octanol–water partition coefficient (Wildman–Crippen LogP) is 1.72. The number of hydrogen-bond donors (Lipinski definition) is 1. The normalized spacial score (nSPS) is 28.5. The third kappa shape index (κ3) is 1.43. The third-order valence-corrected chi connectivity index (χ3v) is 3.35. The number of halogens is 1. The number of carbonyl (C=O) groups is 2. The van der Waals surface area contributed by atoms with Gasteiger partial charge in [0.1, 0.15) is 0 Å². The zero-order valence-corrected chi connectivity index (χ0v) is 9.40. The highest BCUT2D eigenvalue weighted by molar-refractivity contribution is 6.50. The molecule has 0 saturated heterocycles. The zero-order chi connectivity index (χ0) is 11.1. The molecule has 1 N–H and O–H groups in total. The van der Waals surface area contributed by atoms with Crippen LogP contribution in [0.2, 0.25) is 0 Å². The average molecular weight is 217 g/mol. The second kappa shape index (κ2) is 3.05. The van der Waals surface area contributed by atoms with Gasteiger partial charge < -0.3 is 0 Å². The van der Waals surface area contributed by atoms with Crippen LogP contribution in [0.15, 0.2) is 4.99 Å². The monoisotopic (exact) mass is 216 g/mol. The molecule has 0 saturated carbocycles. The molecule has 0 spiro atoms. The van der Waals surface area contributed by atoms with E-state index in [0.29, 0.717) is 5.71 Å². The number of rotatable bonds is 0. The van der Waals surface area contributed by atoms with Gasteiger partial charge in [0, 0.05) is 0 Å². The van der Waals surface area contributed by atoms with Crippen LogP contribution in [0.25, 0.3) is 0 Å². The third-order valence-electron chi connectivity index (χ3n) is 2.33. The molecule has 4 nitrogen and oxygen atoms in total. The van der Waals surface area contributed by atoms with E-state index in [1.54, 1.807) is 6.92 Å². The van der Waals surface area contributed by atoms with Crippen LogP contribution in [0.1, 0.15) is 27.7 Å². The number of carbonyl (C=O) groups excluding carboxylic acids is 2. The fourth-order valence-corrected chi connectivity index (χ4v) is 1.58. The van der Waals surface area contributed by atoms with Gasteiger partial charge in [-0.3, -0.25) is 10.1 Å². The molecule has 0 fully saturated rings. The van der Waals surface area contributed by atoms with Crippen LogP contribution >= 0.6 is 11.6 Å². The van der Waals surface area contributed by atoms with E-state index in [1.165, 1.54) is 0 Å². The van der Waals surface area contributed by atoms with Crippen LogP contribution in [0.3, 0.4) is 0 Å². The van der Waals surface area contributed by atoms with Gasteiger partial charge in [-0.05, 0) is 12.3 Å². The summed E-state index contributed by atoms with van der Waals surface area (Å²) >= 11 is 6.22. The first kappa shape index (κ1) is 11.2. The number of imide groups is 1. The van der Waals surface area contributed by atoms with Crippen LogP contribution < -0.4 is 5.32 Å². The van der Waals surface area contributed by atoms with E-state index in [1.807, 2.05) is 20.8 Å². The zero-order valence-electron chi connectivity index (χ0n) is 8.64. The lowest BCUT2D eigenvalue weighted by Gasteiger charge is -2.39. The Morgan fingerprint density at radius 2 is 1.86 bits per heavy atom. The lowest BCUT2D eigenvalue weighted by molar-refractivity contribution is -0.123. The molecule has 0 bridgehead atoms. The molecule has 1 unspecified atom stereocenters. The number of alkyl halides is 1. The van der Waals surface area contributed by atoms with Gasteiger partial charge in [0.2, 0.25) is 0 Å². The number of urea groups is 1. The van der Waals surface area contributed by atoms with Crippen molar-refractivity contribution in [1.82, 2.24) is 5.32 Å². The summed E-state index contributed by atoms with van der Waals surface area (Å²) in [5, 5.41) is 2.11. The minimum Gasteiger partial charge on any atom is -0.274 e. The van der Waals surface area contributed by atoms with Crippen molar-refractivity contribution in [3.05, 3.63) is 0 Å². The number of nitrogens with zero attached hydrogens (tertiary/aromatic N) is 1. The van der Waals surface area contributed by atoms with Crippen LogP contribution in [-0.4, -0.2) is 22.5 Å². The van der Waals surface area contributed by atoms with Crippen LogP contribution in [0, 0.1) is 5.41 Å². The van der Waals surface area contributed by atoms with Crippen molar-refractivity contribution in [2.75, 3.05) is 0 Å². The van der Waals surface area contributed by atoms with Crippen molar-refractivity contribution in [1.29, 1.82) is 0 Å². The van der Waals surface area contributed by atoms with Crippen molar-refractivity contribution in [2.45, 2.75) is 32.6 Å². The quantitative estimate of drug-likeness (QED) is 0.627. The highest BCUT2D eigenvalue weighted by Crippen LogP contribution is 2.39. The van der Waals surface area contributed by atoms with Gasteiger partial charge in [-0.2, -0.15) is 0 Å². The maximum atomic E-state index is 11.6. The molecule has 0 aromatic heterocycles. The van der Waals surface area contributed by atoms with Gasteiger partial charge in [0.25, 0.3) is 5.91 Å². The SMILES string of the molecule is CC1=NC(=O)NC(=O)C1(Cl)C(C)(C)C. The van der Waals surface area contributed by atoms with E-state index in [-0.39, 0.29) is 0 Å². The first-order valence-electron chi connectivity index (χ1n) is 4.29. The summed E-state index contributed by atoms with van der Waals surface area (Å²) in [6.45, 7) is 7.08. The fraction of sp³-hybridized carbons (Fsp3) is 0.667. The Kier molecular flexibility index (Phi) is 2.44. The van der Waals surface area contributed by atoms with Crippen LogP contribution in [-0.2, 0) is 4.79 Å². The van der Waals surface area contributed by atoms with Gasteiger partial charge in [0.15, 0.2) is 4.87 Å². The maximum absolute atomic E-state index is 11.6. The molecular formula is C9H13ClN2O2. The van der Waals surface area contributed by atoms with E-state index in [0.717, 1.165) is 0 Å². The van der Waals surface area contributed by atoms with Crippen molar-refractivity contribution < 1.29 is 9.59 Å². The van der Waals surface area contributed by atoms with Crippen molar-refractivity contribution in [3.8, 4) is 0 Å². The molecule has 0 aliphatic carbocycles. The summed E-state index contributed by atoms with van der Waals surface area (Å²) < 4.78 is 0. The Morgan fingerprint density at radius 1 is 1.36 bits per heavy atom. The summed E-state index contributed by atoms with van der Waals surface area (Å²) in [6.07, 6.45) is 0. The molecule has 1 aliphatic rings. The van der Waals surface area contributed by atoms with Gasteiger partial charge in [-0.15, -0.1) is 11.6 Å². The van der Waals surface area contributed by atoms with E-state index < -0.39 is 22.2 Å². The second-order valence-electron chi connectivity index (χ2n) is 4.36. The lowest BCUT2D eigenvalue weighted by atomic mass is 9.76. The van der Waals surface area contributed by atoms with Gasteiger partial charge in [0.05, 0.1) is 5.71 Å². The standard InChI is InChI=1S/C9H13ClN2O2/c1-5-9(10,8(2,3)4)6(13)12-7(14)11-5/h1-4H3,(H,12,13,14). The molecular weight excluding hydrogens is 204 g/mol. The first-order valence-corrected chi connectivity index (χ1v) is 4.67. The summed E-state index contributed by atoms with van der Waals surface area (Å²) in [5.41, 5.74) is -0.146. The lowest BCUT2D eigenvalue weighted by Crippen LogP contribution is -2.59. The number of nitrogens with one attached hydrogen (secondary N) is 1. The molecule has 1 heterocycles. The van der Waals surface area contributed by atoms with Gasteiger partial charge in [-0.25, -0.2) is 9.79 Å². The Labute approximate surface area is 87.7 Å². The molecule has 78 valence electrons. The fourth-order valence-electron chi connectivity index (χ4n) is 1.49. The van der Waals surface area contributed by atoms with Gasteiger partial charge in [-0.1, -0.05) is 20.8 Å². The largest absolute Gasteiger partial charge is 0.347 e. The molecule has 5 heteroatoms. The molecule has 1 aliphatic heterocycles. The molecule has 1 atom stereocenters. The maximum Gasteiger partial charge on any atom is 0.347 e. The topological polar surface area (TPSA) is 58.5 Å². The predicted molar refractivity (Wildman–Crippen MR) is 54.7 cm³/mol. The molecule has 0 radical (unpaired) electrons. The minimum atomic E-state index is -1.24. The molecule has 1 rings (SSSR count). The van der Waals surface area contributed by atoms with Crippen molar-refractivity contribution in [2.24, 2.45) is 10.4 Å². The number of amides is 3. The van der Waals surface area contributed by atoms with E-state index in [2.05, 4.69) is 10.3 Å². The number of hydrogen-bond acceptors (Lipinski definition) is 2. The van der Waals surface area contributed by atoms with E-state index in [9.17, 15) is 9.59 Å². The highest BCUT2D eigenvalue weighted by Gasteiger charge is 2.52. The minimum absolute atomic E-state index is 0.348. The Bertz CT molecular complexity index is 330. The second-order valence-corrected chi connectivity index (χ2v) is 4.93. The number of aliphatic imine (C=N–C) groups is 1.